The Balaban J connectivity index is 2.56. The second-order valence-electron chi connectivity index (χ2n) is 2.40. The molecule has 0 saturated carbocycles. The number of hydrogen-bond donors (Lipinski definition) is 1. The lowest BCUT2D eigenvalue weighted by Crippen LogP contribution is -2.09. The minimum atomic E-state index is 0.671. The monoisotopic (exact) mass is 308 g/mol. The molecule has 72 valence electrons. The maximum Gasteiger partial charge on any atom is 0.140 e. The van der Waals surface area contributed by atoms with Gasteiger partial charge in [-0.25, -0.2) is 4.98 Å². The molecule has 1 aromatic rings. The van der Waals surface area contributed by atoms with Gasteiger partial charge in [0, 0.05) is 24.3 Å². The summed E-state index contributed by atoms with van der Waals surface area (Å²) in [5.41, 5.74) is 0. The molecule has 1 N–H and O–H groups in total. The van der Waals surface area contributed by atoms with Crippen LogP contribution in [0.3, 0.4) is 0 Å². The summed E-state index contributed by atoms with van der Waals surface area (Å²) >= 11 is 6.74. The van der Waals surface area contributed by atoms with E-state index >= 15 is 0 Å². The minimum Gasteiger partial charge on any atom is -0.383 e. The number of anilines is 1. The molecule has 0 bridgehead atoms. The van der Waals surface area contributed by atoms with E-state index in [2.05, 4.69) is 42.2 Å². The summed E-state index contributed by atoms with van der Waals surface area (Å²) in [5, 5.41) is 3.14. The first kappa shape index (κ1) is 10.9. The molecular formula is C8H10Br2N2O. The van der Waals surface area contributed by atoms with Gasteiger partial charge in [0.1, 0.15) is 5.82 Å². The van der Waals surface area contributed by atoms with E-state index in [-0.39, 0.29) is 0 Å². The fraction of sp³-hybridized carbons (Fsp3) is 0.375. The zero-order valence-electron chi connectivity index (χ0n) is 7.18. The maximum atomic E-state index is 4.91. The van der Waals surface area contributed by atoms with Crippen molar-refractivity contribution in [2.45, 2.75) is 0 Å². The molecule has 0 atom stereocenters. The van der Waals surface area contributed by atoms with Gasteiger partial charge in [0.25, 0.3) is 0 Å². The predicted octanol–water partition coefficient (Wildman–Crippen LogP) is 2.66. The van der Waals surface area contributed by atoms with Crippen LogP contribution in [0.4, 0.5) is 5.82 Å². The Kier molecular flexibility index (Phi) is 4.69. The highest BCUT2D eigenvalue weighted by Gasteiger charge is 2.00. The first-order valence-electron chi connectivity index (χ1n) is 3.78. The first-order valence-corrected chi connectivity index (χ1v) is 5.36. The molecule has 0 amide bonds. The third-order valence-corrected chi connectivity index (χ3v) is 2.44. The molecule has 0 aliphatic rings. The summed E-state index contributed by atoms with van der Waals surface area (Å²) in [5.74, 6) is 0.834. The van der Waals surface area contributed by atoms with Crippen molar-refractivity contribution in [3.05, 3.63) is 21.2 Å². The molecule has 0 saturated heterocycles. The zero-order valence-corrected chi connectivity index (χ0v) is 10.4. The lowest BCUT2D eigenvalue weighted by atomic mass is 10.4. The number of pyridine rings is 1. The summed E-state index contributed by atoms with van der Waals surface area (Å²) in [7, 11) is 1.67. The third kappa shape index (κ3) is 3.62. The van der Waals surface area contributed by atoms with E-state index in [1.807, 2.05) is 6.07 Å². The number of halogens is 2. The van der Waals surface area contributed by atoms with Crippen molar-refractivity contribution in [1.82, 2.24) is 4.98 Å². The summed E-state index contributed by atoms with van der Waals surface area (Å²) < 4.78 is 6.81. The van der Waals surface area contributed by atoms with E-state index < -0.39 is 0 Å². The van der Waals surface area contributed by atoms with Crippen LogP contribution in [0.1, 0.15) is 0 Å². The fourth-order valence-corrected chi connectivity index (χ4v) is 1.94. The van der Waals surface area contributed by atoms with Crippen LogP contribution in [0.2, 0.25) is 0 Å². The topological polar surface area (TPSA) is 34.1 Å². The van der Waals surface area contributed by atoms with E-state index in [9.17, 15) is 0 Å². The number of nitrogens with zero attached hydrogens (tertiary/aromatic N) is 1. The van der Waals surface area contributed by atoms with Crippen molar-refractivity contribution in [3.8, 4) is 0 Å². The van der Waals surface area contributed by atoms with Crippen molar-refractivity contribution >= 4 is 37.7 Å². The van der Waals surface area contributed by atoms with E-state index in [1.54, 1.807) is 13.3 Å². The van der Waals surface area contributed by atoms with Crippen molar-refractivity contribution < 1.29 is 4.74 Å². The Bertz CT molecular complexity index is 281. The van der Waals surface area contributed by atoms with Gasteiger partial charge in [0.05, 0.1) is 11.1 Å². The number of methoxy groups -OCH3 is 1. The van der Waals surface area contributed by atoms with Crippen LogP contribution in [0.25, 0.3) is 0 Å². The third-order valence-electron chi connectivity index (χ3n) is 1.41. The number of nitrogens with one attached hydrogen (secondary N) is 1. The molecule has 0 unspecified atom stereocenters. The fourth-order valence-electron chi connectivity index (χ4n) is 0.816. The molecule has 0 aliphatic carbocycles. The van der Waals surface area contributed by atoms with Gasteiger partial charge in [-0.2, -0.15) is 0 Å². The van der Waals surface area contributed by atoms with Crippen molar-refractivity contribution in [2.24, 2.45) is 0 Å². The number of hydrogen-bond acceptors (Lipinski definition) is 3. The van der Waals surface area contributed by atoms with Crippen molar-refractivity contribution in [3.63, 3.8) is 0 Å². The SMILES string of the molecule is COCCNc1ncc(Br)cc1Br. The van der Waals surface area contributed by atoms with Gasteiger partial charge in [0.2, 0.25) is 0 Å². The Labute approximate surface area is 94.1 Å². The van der Waals surface area contributed by atoms with E-state index in [1.165, 1.54) is 0 Å². The predicted molar refractivity (Wildman–Crippen MR) is 60.0 cm³/mol. The number of rotatable bonds is 4. The normalized spacial score (nSPS) is 10.1. The molecule has 13 heavy (non-hydrogen) atoms. The second-order valence-corrected chi connectivity index (χ2v) is 4.17. The summed E-state index contributed by atoms with van der Waals surface area (Å²) in [4.78, 5) is 4.19. The zero-order chi connectivity index (χ0) is 9.68. The van der Waals surface area contributed by atoms with Gasteiger partial charge >= 0.3 is 0 Å². The van der Waals surface area contributed by atoms with Gasteiger partial charge in [-0.1, -0.05) is 0 Å². The molecular weight excluding hydrogens is 300 g/mol. The Hall–Kier alpha value is -0.130. The van der Waals surface area contributed by atoms with Crippen molar-refractivity contribution in [1.29, 1.82) is 0 Å². The standard InChI is InChI=1S/C8H10Br2N2O/c1-13-3-2-11-8-7(10)4-6(9)5-12-8/h4-5H,2-3H2,1H3,(H,11,12). The minimum absolute atomic E-state index is 0.671. The van der Waals surface area contributed by atoms with E-state index in [4.69, 9.17) is 4.74 Å². The van der Waals surface area contributed by atoms with Crippen molar-refractivity contribution in [2.75, 3.05) is 25.6 Å². The smallest absolute Gasteiger partial charge is 0.140 e. The highest BCUT2D eigenvalue weighted by atomic mass is 79.9. The van der Waals surface area contributed by atoms with Gasteiger partial charge < -0.3 is 10.1 Å². The first-order chi connectivity index (χ1) is 6.24. The second kappa shape index (κ2) is 5.57. The lowest BCUT2D eigenvalue weighted by molar-refractivity contribution is 0.210. The maximum absolute atomic E-state index is 4.91. The number of ether oxygens (including phenoxy) is 1. The van der Waals surface area contributed by atoms with Crippen LogP contribution in [0.15, 0.2) is 21.2 Å². The molecule has 3 nitrogen and oxygen atoms in total. The van der Waals surface area contributed by atoms with Crippen LogP contribution >= 0.6 is 31.9 Å². The molecule has 1 heterocycles. The van der Waals surface area contributed by atoms with E-state index in [0.717, 1.165) is 21.3 Å². The molecule has 1 aromatic heterocycles. The van der Waals surface area contributed by atoms with Gasteiger partial charge in [-0.05, 0) is 37.9 Å². The highest BCUT2D eigenvalue weighted by molar-refractivity contribution is 9.11. The Morgan fingerprint density at radius 1 is 1.54 bits per heavy atom. The van der Waals surface area contributed by atoms with Gasteiger partial charge in [-0.3, -0.25) is 0 Å². The number of aromatic nitrogens is 1. The molecule has 0 aromatic carbocycles. The molecule has 5 heteroatoms. The van der Waals surface area contributed by atoms with Crippen LogP contribution in [-0.4, -0.2) is 25.2 Å². The van der Waals surface area contributed by atoms with Crippen LogP contribution in [-0.2, 0) is 4.74 Å². The highest BCUT2D eigenvalue weighted by Crippen LogP contribution is 2.22. The van der Waals surface area contributed by atoms with Crippen LogP contribution in [0, 0.1) is 0 Å². The molecule has 0 radical (unpaired) electrons. The Morgan fingerprint density at radius 3 is 2.92 bits per heavy atom. The van der Waals surface area contributed by atoms with Crippen LogP contribution < -0.4 is 5.32 Å². The molecule has 0 aliphatic heterocycles. The molecule has 0 spiro atoms. The quantitative estimate of drug-likeness (QED) is 0.868. The Morgan fingerprint density at radius 2 is 2.31 bits per heavy atom. The average Bonchev–Trinajstić information content (AvgIpc) is 2.09. The molecule has 1 rings (SSSR count). The summed E-state index contributed by atoms with van der Waals surface area (Å²) in [6.45, 7) is 1.42. The summed E-state index contributed by atoms with van der Waals surface area (Å²) in [6, 6.07) is 1.95. The lowest BCUT2D eigenvalue weighted by Gasteiger charge is -2.06. The summed E-state index contributed by atoms with van der Waals surface area (Å²) in [6.07, 6.45) is 1.75. The molecule has 0 fully saturated rings. The largest absolute Gasteiger partial charge is 0.383 e. The van der Waals surface area contributed by atoms with Gasteiger partial charge in [0.15, 0.2) is 0 Å². The van der Waals surface area contributed by atoms with Gasteiger partial charge in [-0.15, -0.1) is 0 Å². The van der Waals surface area contributed by atoms with Crippen LogP contribution in [0.5, 0.6) is 0 Å². The van der Waals surface area contributed by atoms with E-state index in [0.29, 0.717) is 6.61 Å². The average molecular weight is 310 g/mol.